The van der Waals surface area contributed by atoms with Crippen LogP contribution in [0.1, 0.15) is 30.5 Å². The van der Waals surface area contributed by atoms with E-state index in [0.29, 0.717) is 16.5 Å². The molecule has 0 spiro atoms. The normalized spacial score (nSPS) is 11.9. The summed E-state index contributed by atoms with van der Waals surface area (Å²) in [5.41, 5.74) is 4.28. The molecule has 4 aromatic rings. The number of nitrogens with one attached hydrogen (secondary N) is 1. The zero-order valence-electron chi connectivity index (χ0n) is 22.5. The Hall–Kier alpha value is -4.55. The van der Waals surface area contributed by atoms with Crippen LogP contribution in [0.2, 0.25) is 0 Å². The van der Waals surface area contributed by atoms with Crippen LogP contribution in [0.3, 0.4) is 0 Å². The van der Waals surface area contributed by atoms with E-state index in [4.69, 9.17) is 0 Å². The number of aryl methyl sites for hydroxylation is 2. The highest BCUT2D eigenvalue weighted by molar-refractivity contribution is 7.89. The number of aromatic nitrogens is 1. The van der Waals surface area contributed by atoms with Crippen molar-refractivity contribution in [3.8, 4) is 11.6 Å². The number of nitro benzene ring substituents is 1. The van der Waals surface area contributed by atoms with Gasteiger partial charge in [-0.05, 0) is 55.3 Å². The average molecular weight is 564 g/mol. The number of sulfonamides is 1. The summed E-state index contributed by atoms with van der Waals surface area (Å²) in [7, 11) is -3.91. The average Bonchev–Trinajstić information content (AvgIpc) is 2.93. The van der Waals surface area contributed by atoms with E-state index in [9.17, 15) is 28.4 Å². The van der Waals surface area contributed by atoms with Crippen molar-refractivity contribution >= 4 is 38.4 Å². The molecule has 0 radical (unpaired) electrons. The van der Waals surface area contributed by atoms with Crippen LogP contribution in [0.4, 0.5) is 11.4 Å². The molecule has 0 amide bonds. The Kier molecular flexibility index (Phi) is 8.03. The maximum Gasteiger partial charge on any atom is 0.295 e. The van der Waals surface area contributed by atoms with Crippen LogP contribution < -0.4 is 11.0 Å². The summed E-state index contributed by atoms with van der Waals surface area (Å²) >= 11 is 0. The summed E-state index contributed by atoms with van der Waals surface area (Å²) < 4.78 is 28.1. The van der Waals surface area contributed by atoms with Gasteiger partial charge in [0.1, 0.15) is 5.69 Å². The molecule has 0 bridgehead atoms. The second kappa shape index (κ2) is 11.3. The Balaban J connectivity index is 1.79. The minimum atomic E-state index is -3.91. The van der Waals surface area contributed by atoms with Crippen LogP contribution in [-0.2, 0) is 10.0 Å². The van der Waals surface area contributed by atoms with Crippen LogP contribution in [-0.4, -0.2) is 46.6 Å². The topological polar surface area (TPSA) is 147 Å². The van der Waals surface area contributed by atoms with Gasteiger partial charge in [0.05, 0.1) is 27.3 Å². The van der Waals surface area contributed by atoms with Gasteiger partial charge >= 0.3 is 0 Å². The third kappa shape index (κ3) is 5.18. The van der Waals surface area contributed by atoms with Crippen molar-refractivity contribution in [2.24, 2.45) is 5.10 Å². The molecular formula is C28H29N5O6S. The lowest BCUT2D eigenvalue weighted by Crippen LogP contribution is -2.30. The van der Waals surface area contributed by atoms with Gasteiger partial charge in [-0.3, -0.25) is 20.3 Å². The van der Waals surface area contributed by atoms with E-state index in [2.05, 4.69) is 10.5 Å². The molecule has 4 rings (SSSR count). The number of anilines is 1. The molecule has 0 saturated heterocycles. The summed E-state index contributed by atoms with van der Waals surface area (Å²) in [5, 5.41) is 27.9. The van der Waals surface area contributed by atoms with Gasteiger partial charge in [-0.1, -0.05) is 38.1 Å². The van der Waals surface area contributed by atoms with Crippen molar-refractivity contribution < 1.29 is 18.4 Å². The minimum absolute atomic E-state index is 0.0500. The molecular weight excluding hydrogens is 534 g/mol. The molecule has 208 valence electrons. The van der Waals surface area contributed by atoms with E-state index < -0.39 is 26.2 Å². The molecule has 0 atom stereocenters. The monoisotopic (exact) mass is 563 g/mol. The van der Waals surface area contributed by atoms with Crippen molar-refractivity contribution in [2.45, 2.75) is 32.6 Å². The molecule has 0 aliphatic carbocycles. The number of hydrazone groups is 1. The number of hydrogen-bond donors (Lipinski definition) is 2. The first-order valence-electron chi connectivity index (χ1n) is 12.5. The number of aromatic hydroxyl groups is 1. The lowest BCUT2D eigenvalue weighted by atomic mass is 10.1. The predicted octanol–water partition coefficient (Wildman–Crippen LogP) is 4.70. The number of rotatable bonds is 9. The number of nitro groups is 1. The fourth-order valence-electron chi connectivity index (χ4n) is 4.39. The van der Waals surface area contributed by atoms with Gasteiger partial charge in [-0.2, -0.15) is 9.41 Å². The smallest absolute Gasteiger partial charge is 0.295 e. The van der Waals surface area contributed by atoms with Crippen molar-refractivity contribution in [3.05, 3.63) is 97.8 Å². The maximum atomic E-state index is 13.3. The van der Waals surface area contributed by atoms with Crippen LogP contribution in [0.5, 0.6) is 5.88 Å². The van der Waals surface area contributed by atoms with Crippen LogP contribution >= 0.6 is 0 Å². The van der Waals surface area contributed by atoms with Gasteiger partial charge in [0.2, 0.25) is 15.9 Å². The second-order valence-corrected chi connectivity index (χ2v) is 11.0. The van der Waals surface area contributed by atoms with Crippen LogP contribution in [0.25, 0.3) is 16.5 Å². The molecule has 12 heteroatoms. The molecule has 1 heterocycles. The maximum absolute atomic E-state index is 13.3. The fourth-order valence-corrected chi connectivity index (χ4v) is 5.87. The van der Waals surface area contributed by atoms with Crippen molar-refractivity contribution in [3.63, 3.8) is 0 Å². The first-order valence-corrected chi connectivity index (χ1v) is 14.0. The van der Waals surface area contributed by atoms with E-state index >= 15 is 0 Å². The van der Waals surface area contributed by atoms with Gasteiger partial charge in [-0.25, -0.2) is 13.0 Å². The second-order valence-electron chi connectivity index (χ2n) is 9.09. The number of benzene rings is 3. The molecule has 0 fully saturated rings. The summed E-state index contributed by atoms with van der Waals surface area (Å²) in [6, 6.07) is 15.6. The summed E-state index contributed by atoms with van der Waals surface area (Å²) in [6.45, 7) is 7.65. The number of pyridine rings is 1. The molecule has 0 saturated carbocycles. The highest BCUT2D eigenvalue weighted by atomic mass is 32.2. The van der Waals surface area contributed by atoms with E-state index in [0.717, 1.165) is 17.2 Å². The summed E-state index contributed by atoms with van der Waals surface area (Å²) in [6.07, 6.45) is 1.26. The first-order chi connectivity index (χ1) is 19.0. The highest BCUT2D eigenvalue weighted by Gasteiger charge is 2.26. The van der Waals surface area contributed by atoms with Crippen LogP contribution in [0.15, 0.2) is 75.5 Å². The zero-order chi connectivity index (χ0) is 29.2. The minimum Gasteiger partial charge on any atom is -0.494 e. The van der Waals surface area contributed by atoms with E-state index in [1.165, 1.54) is 27.2 Å². The third-order valence-corrected chi connectivity index (χ3v) is 8.79. The van der Waals surface area contributed by atoms with Crippen LogP contribution in [0, 0.1) is 24.0 Å². The van der Waals surface area contributed by atoms with Gasteiger partial charge in [0.25, 0.3) is 11.2 Å². The Morgan fingerprint density at radius 2 is 1.70 bits per heavy atom. The standard InChI is InChI=1S/C28H29N5O6S/c1-5-31(6-2)40(38,39)21-13-14-25(26(16-21)33(36)37)30-29-17-24-22-9-7-8-10-23(22)27(34)32(28(24)35)20-12-11-18(3)19(4)15-20/h7-17,30,35H,5-6H2,1-4H3. The molecule has 0 aliphatic heterocycles. The third-order valence-electron chi connectivity index (χ3n) is 6.74. The Bertz CT molecular complexity index is 1810. The molecule has 2 N–H and O–H groups in total. The van der Waals surface area contributed by atoms with E-state index in [-0.39, 0.29) is 35.1 Å². The predicted molar refractivity (Wildman–Crippen MR) is 155 cm³/mol. The van der Waals surface area contributed by atoms with Crippen molar-refractivity contribution in [2.75, 3.05) is 18.5 Å². The Morgan fingerprint density at radius 1 is 1.02 bits per heavy atom. The number of nitrogens with zero attached hydrogens (tertiary/aromatic N) is 4. The van der Waals surface area contributed by atoms with Crippen molar-refractivity contribution in [1.29, 1.82) is 0 Å². The summed E-state index contributed by atoms with van der Waals surface area (Å²) in [5.74, 6) is -0.354. The quantitative estimate of drug-likeness (QED) is 0.170. The summed E-state index contributed by atoms with van der Waals surface area (Å²) in [4.78, 5) is 24.2. The number of hydrogen-bond acceptors (Lipinski definition) is 8. The fraction of sp³-hybridized carbons (Fsp3) is 0.214. The van der Waals surface area contributed by atoms with Gasteiger partial charge in [-0.15, -0.1) is 0 Å². The highest BCUT2D eigenvalue weighted by Crippen LogP contribution is 2.30. The van der Waals surface area contributed by atoms with Gasteiger partial charge in [0, 0.05) is 29.9 Å². The zero-order valence-corrected chi connectivity index (χ0v) is 23.3. The molecule has 11 nitrogen and oxygen atoms in total. The largest absolute Gasteiger partial charge is 0.494 e. The Labute approximate surface area is 231 Å². The van der Waals surface area contributed by atoms with Gasteiger partial charge < -0.3 is 5.11 Å². The van der Waals surface area contributed by atoms with Gasteiger partial charge in [0.15, 0.2) is 0 Å². The molecule has 1 aromatic heterocycles. The lowest BCUT2D eigenvalue weighted by molar-refractivity contribution is -0.384. The first kappa shape index (κ1) is 28.5. The van der Waals surface area contributed by atoms with E-state index in [1.54, 1.807) is 50.2 Å². The molecule has 40 heavy (non-hydrogen) atoms. The SMILES string of the molecule is CCN(CC)S(=O)(=O)c1ccc(NN=Cc2c(O)n(-c3ccc(C)c(C)c3)c(=O)c3ccccc23)c([N+](=O)[O-])c1. The number of fused-ring (bicyclic) bond motifs is 1. The molecule has 3 aromatic carbocycles. The lowest BCUT2D eigenvalue weighted by Gasteiger charge is -2.18. The molecule has 0 unspecified atom stereocenters. The molecule has 0 aliphatic rings. The van der Waals surface area contributed by atoms with Crippen molar-refractivity contribution in [1.82, 2.24) is 8.87 Å². The van der Waals surface area contributed by atoms with E-state index in [1.807, 2.05) is 19.9 Å². The Morgan fingerprint density at radius 3 is 2.33 bits per heavy atom.